The van der Waals surface area contributed by atoms with Crippen LogP contribution in [0.5, 0.6) is 0 Å². The molecule has 6 heteroatoms. The average molecular weight is 257 g/mol. The normalized spacial score (nSPS) is 11.3. The molecule has 0 aromatic carbocycles. The van der Waals surface area contributed by atoms with Gasteiger partial charge in [-0.2, -0.15) is 0 Å². The predicted molar refractivity (Wildman–Crippen MR) is 64.1 cm³/mol. The maximum absolute atomic E-state index is 11.8. The molecule has 0 aliphatic rings. The van der Waals surface area contributed by atoms with E-state index in [-0.39, 0.29) is 28.6 Å². The van der Waals surface area contributed by atoms with Gasteiger partial charge in [-0.1, -0.05) is 32.4 Å². The maximum atomic E-state index is 11.8. The summed E-state index contributed by atoms with van der Waals surface area (Å²) in [5.74, 6) is -0.101. The number of Topliss-reactive ketones (excluding diaryl/α,β-unsaturated/α-hetero) is 1. The van der Waals surface area contributed by atoms with Crippen molar-refractivity contribution in [2.75, 3.05) is 0 Å². The molecule has 1 heterocycles. The number of ketones is 1. The summed E-state index contributed by atoms with van der Waals surface area (Å²) in [7, 11) is 0. The molecule has 0 N–H and O–H groups in total. The van der Waals surface area contributed by atoms with Crippen molar-refractivity contribution in [1.82, 2.24) is 4.98 Å². The van der Waals surface area contributed by atoms with Gasteiger partial charge in [0.05, 0.1) is 16.4 Å². The van der Waals surface area contributed by atoms with Crippen LogP contribution in [0.15, 0.2) is 12.3 Å². The second kappa shape index (κ2) is 4.79. The molecule has 92 valence electrons. The van der Waals surface area contributed by atoms with E-state index in [1.54, 1.807) is 20.8 Å². The molecule has 17 heavy (non-hydrogen) atoms. The number of carbonyl (C=O) groups is 1. The largest absolute Gasteiger partial charge is 0.299 e. The monoisotopic (exact) mass is 256 g/mol. The zero-order valence-corrected chi connectivity index (χ0v) is 10.6. The van der Waals surface area contributed by atoms with Crippen LogP contribution in [0.25, 0.3) is 0 Å². The van der Waals surface area contributed by atoms with Crippen molar-refractivity contribution in [2.45, 2.75) is 27.2 Å². The lowest BCUT2D eigenvalue weighted by molar-refractivity contribution is -0.385. The predicted octanol–water partition coefficient (Wildman–Crippen LogP) is 2.80. The van der Waals surface area contributed by atoms with Gasteiger partial charge in [0.15, 0.2) is 0 Å². The summed E-state index contributed by atoms with van der Waals surface area (Å²) < 4.78 is 0. The zero-order chi connectivity index (χ0) is 13.2. The number of hydrogen-bond acceptors (Lipinski definition) is 4. The van der Waals surface area contributed by atoms with E-state index in [4.69, 9.17) is 11.6 Å². The third kappa shape index (κ3) is 3.49. The lowest BCUT2D eigenvalue weighted by atomic mass is 9.88. The van der Waals surface area contributed by atoms with E-state index in [1.807, 2.05) is 0 Å². The minimum Gasteiger partial charge on any atom is -0.299 e. The number of nitrogens with zero attached hydrogens (tertiary/aromatic N) is 2. The van der Waals surface area contributed by atoms with Crippen molar-refractivity contribution in [2.24, 2.45) is 5.41 Å². The first-order chi connectivity index (χ1) is 7.71. The molecule has 0 amide bonds. The molecular formula is C11H13ClN2O3. The molecule has 0 spiro atoms. The van der Waals surface area contributed by atoms with Crippen LogP contribution in [0.2, 0.25) is 5.02 Å². The summed E-state index contributed by atoms with van der Waals surface area (Å²) in [6.45, 7) is 5.28. The van der Waals surface area contributed by atoms with E-state index in [1.165, 1.54) is 12.3 Å². The average Bonchev–Trinajstić information content (AvgIpc) is 2.18. The van der Waals surface area contributed by atoms with E-state index in [9.17, 15) is 14.9 Å². The Hall–Kier alpha value is -1.49. The fourth-order valence-corrected chi connectivity index (χ4v) is 1.32. The van der Waals surface area contributed by atoms with Crippen LogP contribution in [0, 0.1) is 15.5 Å². The van der Waals surface area contributed by atoms with Gasteiger partial charge in [0.25, 0.3) is 5.69 Å². The standard InChI is InChI=1S/C11H13ClN2O3/c1-11(2,3)10(15)5-8-9(14(16)17)4-7(12)6-13-8/h4,6H,5H2,1-3H3. The van der Waals surface area contributed by atoms with Crippen molar-refractivity contribution in [1.29, 1.82) is 0 Å². The van der Waals surface area contributed by atoms with E-state index < -0.39 is 10.3 Å². The first-order valence-corrected chi connectivity index (χ1v) is 5.41. The topological polar surface area (TPSA) is 73.1 Å². The van der Waals surface area contributed by atoms with Crippen molar-refractivity contribution in [3.8, 4) is 0 Å². The van der Waals surface area contributed by atoms with E-state index >= 15 is 0 Å². The molecule has 0 unspecified atom stereocenters. The van der Waals surface area contributed by atoms with Crippen LogP contribution < -0.4 is 0 Å². The number of carbonyl (C=O) groups excluding carboxylic acids is 1. The van der Waals surface area contributed by atoms with Gasteiger partial charge in [-0.3, -0.25) is 19.9 Å². The highest BCUT2D eigenvalue weighted by molar-refractivity contribution is 6.30. The Morgan fingerprint density at radius 3 is 2.59 bits per heavy atom. The van der Waals surface area contributed by atoms with Crippen molar-refractivity contribution in [3.63, 3.8) is 0 Å². The highest BCUT2D eigenvalue weighted by Crippen LogP contribution is 2.24. The van der Waals surface area contributed by atoms with Gasteiger partial charge in [-0.05, 0) is 0 Å². The van der Waals surface area contributed by atoms with Gasteiger partial charge in [-0.15, -0.1) is 0 Å². The second-order valence-corrected chi connectivity index (χ2v) is 5.16. The van der Waals surface area contributed by atoms with Gasteiger partial charge in [-0.25, -0.2) is 0 Å². The van der Waals surface area contributed by atoms with Crippen molar-refractivity contribution < 1.29 is 9.72 Å². The summed E-state index contributed by atoms with van der Waals surface area (Å²) in [6.07, 6.45) is 1.25. The molecule has 0 atom stereocenters. The summed E-state index contributed by atoms with van der Waals surface area (Å²) in [5, 5.41) is 11.0. The fraction of sp³-hybridized carbons (Fsp3) is 0.455. The molecule has 0 fully saturated rings. The second-order valence-electron chi connectivity index (χ2n) is 4.73. The number of nitro groups is 1. The Balaban J connectivity index is 3.07. The lowest BCUT2D eigenvalue weighted by Gasteiger charge is -2.15. The number of hydrogen-bond donors (Lipinski definition) is 0. The molecule has 1 aromatic heterocycles. The SMILES string of the molecule is CC(C)(C)C(=O)Cc1ncc(Cl)cc1[N+](=O)[O-]. The molecular weight excluding hydrogens is 244 g/mol. The van der Waals surface area contributed by atoms with Gasteiger partial charge in [0, 0.05) is 17.7 Å². The quantitative estimate of drug-likeness (QED) is 0.616. The van der Waals surface area contributed by atoms with Crippen LogP contribution in [-0.4, -0.2) is 15.7 Å². The third-order valence-corrected chi connectivity index (χ3v) is 2.48. The molecule has 0 bridgehead atoms. The van der Waals surface area contributed by atoms with Crippen LogP contribution in [0.1, 0.15) is 26.5 Å². The van der Waals surface area contributed by atoms with E-state index in [0.717, 1.165) is 0 Å². The van der Waals surface area contributed by atoms with Gasteiger partial charge in [0.2, 0.25) is 0 Å². The van der Waals surface area contributed by atoms with Gasteiger partial charge in [0.1, 0.15) is 11.5 Å². The Bertz CT molecular complexity index is 466. The molecule has 1 rings (SSSR count). The molecule has 0 aliphatic heterocycles. The number of rotatable bonds is 3. The molecule has 1 aromatic rings. The fourth-order valence-electron chi connectivity index (χ4n) is 1.17. The zero-order valence-electron chi connectivity index (χ0n) is 9.86. The summed E-state index contributed by atoms with van der Waals surface area (Å²) in [6, 6.07) is 1.21. The Morgan fingerprint density at radius 2 is 2.12 bits per heavy atom. The first-order valence-electron chi connectivity index (χ1n) is 5.04. The Kier molecular flexibility index (Phi) is 3.83. The van der Waals surface area contributed by atoms with Crippen LogP contribution >= 0.6 is 11.6 Å². The highest BCUT2D eigenvalue weighted by atomic mass is 35.5. The minimum atomic E-state index is -0.579. The first kappa shape index (κ1) is 13.6. The maximum Gasteiger partial charge on any atom is 0.292 e. The van der Waals surface area contributed by atoms with Crippen molar-refractivity contribution in [3.05, 3.63) is 33.1 Å². The van der Waals surface area contributed by atoms with Crippen LogP contribution in [0.4, 0.5) is 5.69 Å². The smallest absolute Gasteiger partial charge is 0.292 e. The Morgan fingerprint density at radius 1 is 1.53 bits per heavy atom. The van der Waals surface area contributed by atoms with E-state index in [2.05, 4.69) is 4.98 Å². The van der Waals surface area contributed by atoms with E-state index in [0.29, 0.717) is 0 Å². The van der Waals surface area contributed by atoms with Gasteiger partial charge < -0.3 is 0 Å². The molecule has 5 nitrogen and oxygen atoms in total. The van der Waals surface area contributed by atoms with Crippen LogP contribution in [-0.2, 0) is 11.2 Å². The summed E-state index contributed by atoms with van der Waals surface area (Å²) in [4.78, 5) is 25.9. The Labute approximate surface area is 104 Å². The van der Waals surface area contributed by atoms with Crippen LogP contribution in [0.3, 0.4) is 0 Å². The van der Waals surface area contributed by atoms with Crippen molar-refractivity contribution >= 4 is 23.1 Å². The number of halogens is 1. The lowest BCUT2D eigenvalue weighted by Crippen LogP contribution is -2.23. The molecule has 0 radical (unpaired) electrons. The molecule has 0 aliphatic carbocycles. The molecule has 0 saturated heterocycles. The minimum absolute atomic E-state index is 0.0585. The van der Waals surface area contributed by atoms with Gasteiger partial charge >= 0.3 is 0 Å². The molecule has 0 saturated carbocycles. The number of aromatic nitrogens is 1. The third-order valence-electron chi connectivity index (χ3n) is 2.28. The summed E-state index contributed by atoms with van der Waals surface area (Å²) in [5.41, 5.74) is -0.607. The number of pyridine rings is 1. The highest BCUT2D eigenvalue weighted by Gasteiger charge is 2.25. The summed E-state index contributed by atoms with van der Waals surface area (Å²) >= 11 is 5.64.